The number of hydrogen-bond donors (Lipinski definition) is 1. The van der Waals surface area contributed by atoms with Gasteiger partial charge in [-0.1, -0.05) is 11.8 Å². The molecule has 0 radical (unpaired) electrons. The first-order valence-corrected chi connectivity index (χ1v) is 7.80. The number of alkyl halides is 3. The van der Waals surface area contributed by atoms with Gasteiger partial charge in [0, 0.05) is 12.1 Å². The van der Waals surface area contributed by atoms with Crippen molar-refractivity contribution in [3.8, 4) is 0 Å². The van der Waals surface area contributed by atoms with Crippen LogP contribution in [0.1, 0.15) is 31.5 Å². The van der Waals surface area contributed by atoms with Gasteiger partial charge in [-0.3, -0.25) is 4.79 Å². The molecule has 1 saturated carbocycles. The summed E-state index contributed by atoms with van der Waals surface area (Å²) >= 11 is 1.25. The van der Waals surface area contributed by atoms with E-state index in [2.05, 4.69) is 19.9 Å². The predicted molar refractivity (Wildman–Crippen MR) is 78.1 cm³/mol. The van der Waals surface area contributed by atoms with Gasteiger partial charge in [0.2, 0.25) is 5.76 Å². The molecule has 0 amide bonds. The Bertz CT molecular complexity index is 684. The SMILES string of the molecule is CSc1nc(/N=C/C(C(C)=O)=C(/O)C(F)(F)F)nc(C2CC2)n1. The van der Waals surface area contributed by atoms with Gasteiger partial charge in [-0.2, -0.15) is 23.1 Å². The molecule has 6 nitrogen and oxygen atoms in total. The lowest BCUT2D eigenvalue weighted by Crippen LogP contribution is -2.17. The van der Waals surface area contributed by atoms with Crippen LogP contribution in [-0.4, -0.2) is 44.5 Å². The minimum Gasteiger partial charge on any atom is -0.504 e. The first-order valence-electron chi connectivity index (χ1n) is 6.57. The second-order valence-electron chi connectivity index (χ2n) is 4.83. The summed E-state index contributed by atoms with van der Waals surface area (Å²) in [4.78, 5) is 27.2. The zero-order valence-electron chi connectivity index (χ0n) is 12.3. The molecule has 0 saturated heterocycles. The van der Waals surface area contributed by atoms with Crippen LogP contribution in [0.4, 0.5) is 19.1 Å². The maximum atomic E-state index is 12.5. The van der Waals surface area contributed by atoms with E-state index in [-0.39, 0.29) is 11.9 Å². The first kappa shape index (κ1) is 17.4. The Kier molecular flexibility index (Phi) is 5.03. The Hall–Kier alpha value is -1.97. The molecule has 0 aromatic carbocycles. The zero-order valence-corrected chi connectivity index (χ0v) is 13.1. The van der Waals surface area contributed by atoms with Crippen molar-refractivity contribution in [2.75, 3.05) is 6.26 Å². The van der Waals surface area contributed by atoms with E-state index in [9.17, 15) is 18.0 Å². The molecule has 0 aliphatic heterocycles. The van der Waals surface area contributed by atoms with Crippen molar-refractivity contribution in [2.24, 2.45) is 4.99 Å². The van der Waals surface area contributed by atoms with Crippen LogP contribution in [0.15, 0.2) is 21.5 Å². The van der Waals surface area contributed by atoms with Gasteiger partial charge >= 0.3 is 6.18 Å². The highest BCUT2D eigenvalue weighted by Crippen LogP contribution is 2.38. The molecule has 1 aromatic heterocycles. The van der Waals surface area contributed by atoms with Gasteiger partial charge in [0.25, 0.3) is 5.95 Å². The molecule has 1 heterocycles. The van der Waals surface area contributed by atoms with Crippen LogP contribution in [0.3, 0.4) is 0 Å². The number of halogens is 3. The number of ketones is 1. The van der Waals surface area contributed by atoms with Crippen molar-refractivity contribution in [3.05, 3.63) is 17.2 Å². The summed E-state index contributed by atoms with van der Waals surface area (Å²) in [6.07, 6.45) is -0.782. The summed E-state index contributed by atoms with van der Waals surface area (Å²) in [5.41, 5.74) is -0.948. The third-order valence-electron chi connectivity index (χ3n) is 2.96. The normalized spacial score (nSPS) is 16.6. The third-order valence-corrected chi connectivity index (χ3v) is 3.51. The van der Waals surface area contributed by atoms with Crippen molar-refractivity contribution >= 4 is 29.7 Å². The van der Waals surface area contributed by atoms with Crippen LogP contribution in [0, 0.1) is 0 Å². The lowest BCUT2D eigenvalue weighted by Gasteiger charge is -2.07. The van der Waals surface area contributed by atoms with Crippen molar-refractivity contribution in [1.29, 1.82) is 0 Å². The largest absolute Gasteiger partial charge is 0.504 e. The molecular formula is C13H13F3N4O2S. The summed E-state index contributed by atoms with van der Waals surface area (Å²) in [5.74, 6) is -2.31. The molecule has 0 unspecified atom stereocenters. The van der Waals surface area contributed by atoms with Gasteiger partial charge in [0.15, 0.2) is 10.9 Å². The van der Waals surface area contributed by atoms with E-state index >= 15 is 0 Å². The van der Waals surface area contributed by atoms with E-state index in [0.717, 1.165) is 19.8 Å². The number of thioether (sulfide) groups is 1. The average Bonchev–Trinajstić information content (AvgIpc) is 3.30. The molecule has 2 rings (SSSR count). The Morgan fingerprint density at radius 3 is 2.48 bits per heavy atom. The fraction of sp³-hybridized carbons (Fsp3) is 0.462. The zero-order chi connectivity index (χ0) is 17.2. The average molecular weight is 346 g/mol. The smallest absolute Gasteiger partial charge is 0.449 e. The number of carbonyl (C=O) groups excluding carboxylic acids is 1. The van der Waals surface area contributed by atoms with Crippen LogP contribution in [0.25, 0.3) is 0 Å². The summed E-state index contributed by atoms with van der Waals surface area (Å²) in [6.45, 7) is 0.902. The summed E-state index contributed by atoms with van der Waals surface area (Å²) < 4.78 is 37.5. The Labute approximate surface area is 134 Å². The highest BCUT2D eigenvalue weighted by atomic mass is 32.2. The van der Waals surface area contributed by atoms with Crippen LogP contribution < -0.4 is 0 Å². The summed E-state index contributed by atoms with van der Waals surface area (Å²) in [5, 5.41) is 9.52. The molecule has 1 aliphatic rings. The number of aliphatic imine (C=N–C) groups is 1. The van der Waals surface area contributed by atoms with Gasteiger partial charge in [-0.05, 0) is 26.0 Å². The summed E-state index contributed by atoms with van der Waals surface area (Å²) in [6, 6.07) is 0. The summed E-state index contributed by atoms with van der Waals surface area (Å²) in [7, 11) is 0. The van der Waals surface area contributed by atoms with Crippen molar-refractivity contribution in [1.82, 2.24) is 15.0 Å². The number of hydrogen-bond acceptors (Lipinski definition) is 7. The second kappa shape index (κ2) is 6.65. The minimum absolute atomic E-state index is 0.0972. The van der Waals surface area contributed by atoms with Crippen LogP contribution in [0.5, 0.6) is 0 Å². The van der Waals surface area contributed by atoms with E-state index in [1.54, 1.807) is 6.26 Å². The Morgan fingerprint density at radius 1 is 1.35 bits per heavy atom. The quantitative estimate of drug-likeness (QED) is 0.381. The molecule has 23 heavy (non-hydrogen) atoms. The number of aliphatic hydroxyl groups excluding tert-OH is 1. The predicted octanol–water partition coefficient (Wildman–Crippen LogP) is 3.14. The monoisotopic (exact) mass is 346 g/mol. The number of aromatic nitrogens is 3. The first-order chi connectivity index (χ1) is 10.7. The highest BCUT2D eigenvalue weighted by Gasteiger charge is 2.37. The van der Waals surface area contributed by atoms with E-state index < -0.39 is 23.3 Å². The van der Waals surface area contributed by atoms with E-state index in [0.29, 0.717) is 17.2 Å². The van der Waals surface area contributed by atoms with Crippen LogP contribution >= 0.6 is 11.8 Å². The number of carbonyl (C=O) groups is 1. The molecule has 124 valence electrons. The van der Waals surface area contributed by atoms with E-state index in [1.807, 2.05) is 0 Å². The maximum Gasteiger partial charge on any atom is 0.449 e. The number of nitrogens with zero attached hydrogens (tertiary/aromatic N) is 4. The molecule has 10 heteroatoms. The fourth-order valence-electron chi connectivity index (χ4n) is 1.63. The fourth-order valence-corrected chi connectivity index (χ4v) is 1.99. The third kappa shape index (κ3) is 4.50. The van der Waals surface area contributed by atoms with Crippen LogP contribution in [0.2, 0.25) is 0 Å². The number of aliphatic hydroxyl groups is 1. The topological polar surface area (TPSA) is 88.3 Å². The molecule has 0 spiro atoms. The molecule has 0 bridgehead atoms. The molecule has 1 N–H and O–H groups in total. The molecule has 1 fully saturated rings. The number of Topliss-reactive ketones (excluding diaryl/α,β-unsaturated/α-hetero) is 1. The van der Waals surface area contributed by atoms with Gasteiger partial charge in [0.05, 0.1) is 5.57 Å². The van der Waals surface area contributed by atoms with E-state index in [4.69, 9.17) is 5.11 Å². The maximum absolute atomic E-state index is 12.5. The lowest BCUT2D eigenvalue weighted by molar-refractivity contribution is -0.125. The van der Waals surface area contributed by atoms with Gasteiger partial charge in [-0.15, -0.1) is 0 Å². The highest BCUT2D eigenvalue weighted by molar-refractivity contribution is 7.98. The van der Waals surface area contributed by atoms with Crippen molar-refractivity contribution < 1.29 is 23.1 Å². The van der Waals surface area contributed by atoms with Gasteiger partial charge < -0.3 is 5.11 Å². The number of allylic oxidation sites excluding steroid dienone is 2. The van der Waals surface area contributed by atoms with Gasteiger partial charge in [0.1, 0.15) is 5.82 Å². The Morgan fingerprint density at radius 2 is 2.00 bits per heavy atom. The lowest BCUT2D eigenvalue weighted by atomic mass is 10.1. The second-order valence-corrected chi connectivity index (χ2v) is 5.60. The number of rotatable bonds is 5. The Balaban J connectivity index is 2.37. The molecular weight excluding hydrogens is 333 g/mol. The molecule has 1 aromatic rings. The molecule has 1 aliphatic carbocycles. The van der Waals surface area contributed by atoms with Crippen LogP contribution in [-0.2, 0) is 4.79 Å². The van der Waals surface area contributed by atoms with Crippen molar-refractivity contribution in [2.45, 2.75) is 37.0 Å². The van der Waals surface area contributed by atoms with E-state index in [1.165, 1.54) is 11.8 Å². The molecule has 0 atom stereocenters. The van der Waals surface area contributed by atoms with Gasteiger partial charge in [-0.25, -0.2) is 9.98 Å². The van der Waals surface area contributed by atoms with Crippen molar-refractivity contribution in [3.63, 3.8) is 0 Å². The minimum atomic E-state index is -5.03. The standard InChI is InChI=1S/C13H13F3N4O2S/c1-6(21)8(9(22)13(14,15)16)5-17-11-18-10(7-3-4-7)19-12(20-11)23-2/h5,7,22H,3-4H2,1-2H3/b9-8-,17-5+.